The Kier molecular flexibility index (Phi) is 16.5. The second-order valence-electron chi connectivity index (χ2n) is 29.0. The van der Waals surface area contributed by atoms with Gasteiger partial charge in [0.1, 0.15) is 0 Å². The van der Waals surface area contributed by atoms with Crippen molar-refractivity contribution in [3.63, 3.8) is 0 Å². The number of hydrogen-bond donors (Lipinski definition) is 0. The summed E-state index contributed by atoms with van der Waals surface area (Å²) < 4.78 is 54.0. The summed E-state index contributed by atoms with van der Waals surface area (Å²) in [4.78, 5) is 10.3. The number of hydrogen-bond acceptors (Lipinski definition) is 10. The molecule has 8 aromatic rings. The molecule has 4 saturated heterocycles. The molecule has 0 aliphatic carbocycles. The van der Waals surface area contributed by atoms with Crippen molar-refractivity contribution in [3.05, 3.63) is 203 Å². The van der Waals surface area contributed by atoms with Gasteiger partial charge >= 0.3 is 28.5 Å². The number of pyridine rings is 2. The molecule has 6 heterocycles. The molecule has 0 radical (unpaired) electrons. The molecule has 12 rings (SSSR count). The Labute approximate surface area is 530 Å². The molecule has 2 aromatic heterocycles. The molecule has 0 bridgehead atoms. The molecular weight excluding hydrogens is 1100 g/mol. The average Bonchev–Trinajstić information content (AvgIpc) is 1.72. The standard InChI is InChI=1S/C75H86B4N2O8/c1-50-64(56-25-19-17-20-26-56)47-66(58-37-34-51(35-38-58)30-32-53-41-60(76-82-68(2,3)69(4,5)83-76)45-61(42-53)77-84-70(6,7)71(8,9)85-77)81-67(50)59-29-23-24-55(40-59)48-75(16)74(14,15)88-79(89-75)63-44-54(43-62(46-63)78-86-72(10,11)73(12,13)87-78)33-31-52-36-39-65(80-49-52)57-27-21-18-22-28-57/h17-29,34-47,49H,30-33,48H2,1-16H3. The molecule has 1 unspecified atom stereocenters. The highest BCUT2D eigenvalue weighted by Gasteiger charge is 2.57. The van der Waals surface area contributed by atoms with Gasteiger partial charge in [0.15, 0.2) is 0 Å². The summed E-state index contributed by atoms with van der Waals surface area (Å²) in [5, 5.41) is 0. The summed E-state index contributed by atoms with van der Waals surface area (Å²) in [5.41, 5.74) is 14.8. The summed E-state index contributed by atoms with van der Waals surface area (Å²) >= 11 is 0. The first-order valence-corrected chi connectivity index (χ1v) is 31.9. The first-order valence-electron chi connectivity index (χ1n) is 31.9. The van der Waals surface area contributed by atoms with Crippen LogP contribution in [-0.2, 0) is 69.3 Å². The number of benzene rings is 6. The first-order chi connectivity index (χ1) is 42.0. The van der Waals surface area contributed by atoms with Gasteiger partial charge in [-0.2, -0.15) is 0 Å². The summed E-state index contributed by atoms with van der Waals surface area (Å²) in [5.74, 6) is 0. The van der Waals surface area contributed by atoms with E-state index in [4.69, 9.17) is 47.2 Å². The third-order valence-corrected chi connectivity index (χ3v) is 20.6. The largest absolute Gasteiger partial charge is 0.494 e. The molecule has 0 saturated carbocycles. The van der Waals surface area contributed by atoms with E-state index >= 15 is 0 Å². The minimum Gasteiger partial charge on any atom is -0.399 e. The quantitative estimate of drug-likeness (QED) is 0.0870. The molecule has 0 spiro atoms. The van der Waals surface area contributed by atoms with E-state index in [-0.39, 0.29) is 0 Å². The minimum absolute atomic E-state index is 0.475. The molecule has 4 aliphatic rings. The van der Waals surface area contributed by atoms with Gasteiger partial charge in [0.2, 0.25) is 0 Å². The molecule has 6 aromatic carbocycles. The van der Waals surface area contributed by atoms with Gasteiger partial charge in [-0.25, -0.2) is 4.98 Å². The van der Waals surface area contributed by atoms with E-state index in [0.29, 0.717) is 6.42 Å². The third kappa shape index (κ3) is 12.6. The lowest BCUT2D eigenvalue weighted by Gasteiger charge is -2.36. The highest BCUT2D eigenvalue weighted by molar-refractivity contribution is 6.67. The zero-order chi connectivity index (χ0) is 63.1. The SMILES string of the molecule is Cc1c(-c2ccccc2)cc(-c2ccc(CCc3cc(B4OC(C)(C)C(C)(C)O4)cc(B4OC(C)(C)C(C)(C)O4)c3)cc2)nc1-c1cccc(CC2(C)OB(c3cc(CCc4ccc(-c5ccccc5)nc4)cc(B4OC(C)(C)C(C)(C)O4)c3)OC2(C)C)c1. The maximum Gasteiger partial charge on any atom is 0.494 e. The first kappa shape index (κ1) is 62.7. The molecule has 4 fully saturated rings. The van der Waals surface area contributed by atoms with Crippen molar-refractivity contribution in [2.75, 3.05) is 0 Å². The maximum absolute atomic E-state index is 7.23. The highest BCUT2D eigenvalue weighted by atomic mass is 16.7. The van der Waals surface area contributed by atoms with Crippen LogP contribution < -0.4 is 21.9 Å². The van der Waals surface area contributed by atoms with E-state index in [1.807, 2.05) is 24.4 Å². The van der Waals surface area contributed by atoms with E-state index < -0.39 is 73.3 Å². The second-order valence-corrected chi connectivity index (χ2v) is 29.0. The van der Waals surface area contributed by atoms with Crippen LogP contribution in [0.3, 0.4) is 0 Å². The fourth-order valence-corrected chi connectivity index (χ4v) is 12.4. The van der Waals surface area contributed by atoms with Crippen LogP contribution in [0.2, 0.25) is 0 Å². The van der Waals surface area contributed by atoms with Crippen LogP contribution in [0.1, 0.15) is 137 Å². The lowest BCUT2D eigenvalue weighted by molar-refractivity contribution is -0.00876. The maximum atomic E-state index is 7.23. The van der Waals surface area contributed by atoms with Crippen molar-refractivity contribution in [1.82, 2.24) is 9.97 Å². The van der Waals surface area contributed by atoms with Gasteiger partial charge in [0.05, 0.1) is 61.9 Å². The lowest BCUT2D eigenvalue weighted by atomic mass is 9.70. The van der Waals surface area contributed by atoms with Gasteiger partial charge in [0, 0.05) is 29.3 Å². The zero-order valence-corrected chi connectivity index (χ0v) is 55.2. The van der Waals surface area contributed by atoms with Crippen molar-refractivity contribution in [2.24, 2.45) is 0 Å². The van der Waals surface area contributed by atoms with E-state index in [9.17, 15) is 0 Å². The topological polar surface area (TPSA) is 99.6 Å². The van der Waals surface area contributed by atoms with Gasteiger partial charge < -0.3 is 37.2 Å². The molecule has 1 atom stereocenters. The fraction of sp³-hybridized carbons (Fsp3) is 0.387. The Morgan fingerprint density at radius 2 is 0.730 bits per heavy atom. The number of aromatic nitrogens is 2. The Morgan fingerprint density at radius 3 is 1.20 bits per heavy atom. The molecule has 0 N–H and O–H groups in total. The Morgan fingerprint density at radius 1 is 0.326 bits per heavy atom. The van der Waals surface area contributed by atoms with Crippen LogP contribution in [0.5, 0.6) is 0 Å². The van der Waals surface area contributed by atoms with Crippen molar-refractivity contribution in [3.8, 4) is 44.9 Å². The smallest absolute Gasteiger partial charge is 0.399 e. The van der Waals surface area contributed by atoms with Crippen molar-refractivity contribution in [2.45, 2.75) is 188 Å². The monoisotopic (exact) mass is 1190 g/mol. The minimum atomic E-state index is -0.713. The number of aryl methyl sites for hydroxylation is 4. The molecule has 89 heavy (non-hydrogen) atoms. The molecule has 0 amide bonds. The summed E-state index contributed by atoms with van der Waals surface area (Å²) in [7, 11) is -2.21. The lowest BCUT2D eigenvalue weighted by Crippen LogP contribution is -2.46. The Bertz CT molecular complexity index is 3790. The van der Waals surface area contributed by atoms with Crippen molar-refractivity contribution >= 4 is 50.3 Å². The summed E-state index contributed by atoms with van der Waals surface area (Å²) in [6, 6.07) is 58.4. The molecule has 14 heteroatoms. The van der Waals surface area contributed by atoms with Crippen LogP contribution in [-0.4, -0.2) is 83.2 Å². The van der Waals surface area contributed by atoms with Gasteiger partial charge in [-0.3, -0.25) is 4.98 Å². The van der Waals surface area contributed by atoms with Crippen LogP contribution in [0, 0.1) is 6.92 Å². The Hall–Kier alpha value is -6.44. The second kappa shape index (κ2) is 23.4. The number of nitrogens with zero attached hydrogens (tertiary/aromatic N) is 2. The van der Waals surface area contributed by atoms with Crippen LogP contribution in [0.4, 0.5) is 0 Å². The van der Waals surface area contributed by atoms with Crippen LogP contribution in [0.15, 0.2) is 170 Å². The summed E-state index contributed by atoms with van der Waals surface area (Å²) in [6.07, 6.45) is 5.83. The van der Waals surface area contributed by atoms with E-state index in [1.54, 1.807) is 0 Å². The molecule has 10 nitrogen and oxygen atoms in total. The third-order valence-electron chi connectivity index (χ3n) is 20.6. The zero-order valence-electron chi connectivity index (χ0n) is 55.2. The Balaban J connectivity index is 0.797. The van der Waals surface area contributed by atoms with E-state index in [0.717, 1.165) is 109 Å². The number of rotatable bonds is 16. The fourth-order valence-electron chi connectivity index (χ4n) is 12.4. The molecule has 456 valence electrons. The predicted octanol–water partition coefficient (Wildman–Crippen LogP) is 13.4. The van der Waals surface area contributed by atoms with Crippen molar-refractivity contribution < 1.29 is 37.2 Å². The van der Waals surface area contributed by atoms with Gasteiger partial charge in [-0.1, -0.05) is 146 Å². The highest BCUT2D eigenvalue weighted by Crippen LogP contribution is 2.43. The van der Waals surface area contributed by atoms with Crippen molar-refractivity contribution in [1.29, 1.82) is 0 Å². The molecule has 4 aliphatic heterocycles. The summed E-state index contributed by atoms with van der Waals surface area (Å²) in [6.45, 7) is 33.8. The predicted molar refractivity (Wildman–Crippen MR) is 364 cm³/mol. The average molecular weight is 1190 g/mol. The van der Waals surface area contributed by atoms with Crippen LogP contribution >= 0.6 is 0 Å². The van der Waals surface area contributed by atoms with Gasteiger partial charge in [-0.05, 0) is 221 Å². The van der Waals surface area contributed by atoms with E-state index in [2.05, 4.69) is 256 Å². The van der Waals surface area contributed by atoms with Gasteiger partial charge in [-0.15, -0.1) is 0 Å². The van der Waals surface area contributed by atoms with E-state index in [1.165, 1.54) is 16.7 Å². The van der Waals surface area contributed by atoms with Crippen LogP contribution in [0.25, 0.3) is 44.9 Å². The van der Waals surface area contributed by atoms with Gasteiger partial charge in [0.25, 0.3) is 0 Å². The molecular formula is C75H86B4N2O8. The normalized spacial score (nSPS) is 21.0.